The van der Waals surface area contributed by atoms with E-state index in [1.165, 1.54) is 0 Å². The number of hydrogen-bond acceptors (Lipinski definition) is 6. The lowest BCUT2D eigenvalue weighted by atomic mass is 9.94. The number of benzene rings is 3. The van der Waals surface area contributed by atoms with Crippen LogP contribution >= 0.6 is 0 Å². The molecule has 0 radical (unpaired) electrons. The van der Waals surface area contributed by atoms with Gasteiger partial charge in [0.05, 0.1) is 5.52 Å². The lowest BCUT2D eigenvalue weighted by Gasteiger charge is -2.27. The Labute approximate surface area is 199 Å². The Kier molecular flexibility index (Phi) is 6.13. The highest BCUT2D eigenvalue weighted by Gasteiger charge is 2.26. The lowest BCUT2D eigenvalue weighted by molar-refractivity contribution is 0.0736. The van der Waals surface area contributed by atoms with Crippen molar-refractivity contribution in [1.82, 2.24) is 15.3 Å². The van der Waals surface area contributed by atoms with Gasteiger partial charge in [-0.15, -0.1) is 0 Å². The first-order chi connectivity index (χ1) is 16.6. The number of ether oxygens (including phenoxy) is 1. The van der Waals surface area contributed by atoms with Crippen molar-refractivity contribution in [3.63, 3.8) is 0 Å². The third-order valence-electron chi connectivity index (χ3n) is 5.85. The number of aryl methyl sites for hydroxylation is 1. The predicted molar refractivity (Wildman–Crippen MR) is 134 cm³/mol. The number of β-amino-alcohol motifs (C(OH)–C–C–N with tert-alkyl or cyclic N) is 1. The molecule has 0 aliphatic carbocycles. The fourth-order valence-electron chi connectivity index (χ4n) is 4.01. The number of aliphatic hydroxyl groups is 1. The normalized spacial score (nSPS) is 17.6. The smallest absolute Gasteiger partial charge is 0.141 e. The molecule has 0 bridgehead atoms. The Balaban J connectivity index is 1.36. The number of fused-ring (bicyclic) bond motifs is 1. The monoisotopic (exact) mass is 450 g/mol. The van der Waals surface area contributed by atoms with Crippen molar-refractivity contribution in [2.24, 2.45) is 0 Å². The SMILES string of the molecule is Cc1cc(Nc2ncnc3cc(C#CC4(O)CCCNC4)ccc23)ccc1Oc1ccccc1. The van der Waals surface area contributed by atoms with E-state index in [0.717, 1.165) is 58.0 Å². The number of anilines is 2. The molecule has 1 aliphatic heterocycles. The average molecular weight is 451 g/mol. The highest BCUT2D eigenvalue weighted by Crippen LogP contribution is 2.30. The Hall–Kier alpha value is -3.92. The minimum atomic E-state index is -0.972. The number of piperidine rings is 1. The summed E-state index contributed by atoms with van der Waals surface area (Å²) in [6, 6.07) is 21.5. The standard InChI is InChI=1S/C28H26N4O2/c1-20-16-22(9-11-26(20)34-23-6-3-2-4-7-23)32-27-24-10-8-21(17-25(24)30-19-31-27)12-14-28(33)13-5-15-29-18-28/h2-4,6-11,16-17,19,29,33H,5,13,15,18H2,1H3,(H,30,31,32). The lowest BCUT2D eigenvalue weighted by Crippen LogP contribution is -2.44. The number of aromatic nitrogens is 2. The molecule has 1 aromatic heterocycles. The Morgan fingerprint density at radius 2 is 1.94 bits per heavy atom. The van der Waals surface area contributed by atoms with E-state index in [1.807, 2.05) is 73.7 Å². The molecule has 1 saturated heterocycles. The number of hydrogen-bond donors (Lipinski definition) is 3. The van der Waals surface area contributed by atoms with E-state index in [2.05, 4.69) is 32.4 Å². The first kappa shape index (κ1) is 21.9. The molecule has 1 atom stereocenters. The summed E-state index contributed by atoms with van der Waals surface area (Å²) in [6.45, 7) is 3.44. The van der Waals surface area contributed by atoms with Crippen LogP contribution in [0.25, 0.3) is 10.9 Å². The van der Waals surface area contributed by atoms with Gasteiger partial charge in [-0.05, 0) is 80.4 Å². The Morgan fingerprint density at radius 3 is 2.74 bits per heavy atom. The van der Waals surface area contributed by atoms with Crippen molar-refractivity contribution in [2.45, 2.75) is 25.4 Å². The third-order valence-corrected chi connectivity index (χ3v) is 5.85. The fourth-order valence-corrected chi connectivity index (χ4v) is 4.01. The fraction of sp³-hybridized carbons (Fsp3) is 0.214. The van der Waals surface area contributed by atoms with Crippen LogP contribution in [0.3, 0.4) is 0 Å². The van der Waals surface area contributed by atoms with E-state index in [0.29, 0.717) is 13.0 Å². The van der Waals surface area contributed by atoms with Gasteiger partial charge in [-0.3, -0.25) is 0 Å². The highest BCUT2D eigenvalue weighted by molar-refractivity contribution is 5.91. The van der Waals surface area contributed by atoms with Crippen molar-refractivity contribution in [3.05, 3.63) is 84.2 Å². The van der Waals surface area contributed by atoms with Crippen LogP contribution in [0.15, 0.2) is 73.1 Å². The maximum Gasteiger partial charge on any atom is 0.141 e. The second-order valence-electron chi connectivity index (χ2n) is 8.54. The van der Waals surface area contributed by atoms with E-state index in [1.54, 1.807) is 6.33 Å². The zero-order chi connectivity index (χ0) is 23.4. The van der Waals surface area contributed by atoms with E-state index in [4.69, 9.17) is 4.74 Å². The molecule has 1 unspecified atom stereocenters. The van der Waals surface area contributed by atoms with Gasteiger partial charge in [-0.1, -0.05) is 30.0 Å². The summed E-state index contributed by atoms with van der Waals surface area (Å²) in [4.78, 5) is 8.87. The Morgan fingerprint density at radius 1 is 1.06 bits per heavy atom. The van der Waals surface area contributed by atoms with Crippen LogP contribution in [-0.4, -0.2) is 33.8 Å². The largest absolute Gasteiger partial charge is 0.457 e. The number of para-hydroxylation sites is 1. The minimum Gasteiger partial charge on any atom is -0.457 e. The minimum absolute atomic E-state index is 0.498. The number of rotatable bonds is 4. The van der Waals surface area contributed by atoms with E-state index in [9.17, 15) is 5.11 Å². The van der Waals surface area contributed by atoms with Gasteiger partial charge in [0.1, 0.15) is 29.2 Å². The summed E-state index contributed by atoms with van der Waals surface area (Å²) in [5.41, 5.74) is 2.56. The van der Waals surface area contributed by atoms with Gasteiger partial charge in [-0.2, -0.15) is 0 Å². The van der Waals surface area contributed by atoms with Crippen LogP contribution in [-0.2, 0) is 0 Å². The van der Waals surface area contributed by atoms with Gasteiger partial charge in [0.2, 0.25) is 0 Å². The van der Waals surface area contributed by atoms with Gasteiger partial charge in [0.15, 0.2) is 0 Å². The van der Waals surface area contributed by atoms with Crippen LogP contribution in [0.4, 0.5) is 11.5 Å². The maximum absolute atomic E-state index is 10.6. The van der Waals surface area contributed by atoms with E-state index >= 15 is 0 Å². The van der Waals surface area contributed by atoms with Gasteiger partial charge in [-0.25, -0.2) is 9.97 Å². The molecule has 6 nitrogen and oxygen atoms in total. The summed E-state index contributed by atoms with van der Waals surface area (Å²) in [5.74, 6) is 8.48. The van der Waals surface area contributed by atoms with Crippen molar-refractivity contribution in [1.29, 1.82) is 0 Å². The van der Waals surface area contributed by atoms with Gasteiger partial charge < -0.3 is 20.5 Å². The number of nitrogens with one attached hydrogen (secondary N) is 2. The molecule has 2 heterocycles. The summed E-state index contributed by atoms with van der Waals surface area (Å²) >= 11 is 0. The molecule has 1 aliphatic rings. The van der Waals surface area contributed by atoms with Crippen molar-refractivity contribution < 1.29 is 9.84 Å². The molecule has 3 aromatic carbocycles. The van der Waals surface area contributed by atoms with Gasteiger partial charge >= 0.3 is 0 Å². The van der Waals surface area contributed by atoms with Crippen LogP contribution in [0.5, 0.6) is 11.5 Å². The van der Waals surface area contributed by atoms with Crippen LogP contribution < -0.4 is 15.4 Å². The highest BCUT2D eigenvalue weighted by atomic mass is 16.5. The molecule has 1 fully saturated rings. The molecule has 0 saturated carbocycles. The third kappa shape index (κ3) is 5.01. The van der Waals surface area contributed by atoms with Crippen LogP contribution in [0, 0.1) is 18.8 Å². The average Bonchev–Trinajstić information content (AvgIpc) is 2.86. The summed E-state index contributed by atoms with van der Waals surface area (Å²) in [6.07, 6.45) is 3.15. The summed E-state index contributed by atoms with van der Waals surface area (Å²) in [5, 5.41) is 18.1. The molecular weight excluding hydrogens is 424 g/mol. The molecule has 3 N–H and O–H groups in total. The van der Waals surface area contributed by atoms with Crippen molar-refractivity contribution in [2.75, 3.05) is 18.4 Å². The zero-order valence-electron chi connectivity index (χ0n) is 19.0. The van der Waals surface area contributed by atoms with Gasteiger partial charge in [0.25, 0.3) is 0 Å². The molecular formula is C28H26N4O2. The number of nitrogens with zero attached hydrogens (tertiary/aromatic N) is 2. The quantitative estimate of drug-likeness (QED) is 0.382. The summed E-state index contributed by atoms with van der Waals surface area (Å²) < 4.78 is 5.98. The van der Waals surface area contributed by atoms with Gasteiger partial charge in [0, 0.05) is 23.2 Å². The van der Waals surface area contributed by atoms with E-state index in [-0.39, 0.29) is 0 Å². The summed E-state index contributed by atoms with van der Waals surface area (Å²) in [7, 11) is 0. The van der Waals surface area contributed by atoms with E-state index < -0.39 is 5.60 Å². The Bertz CT molecular complexity index is 1370. The second-order valence-corrected chi connectivity index (χ2v) is 8.54. The van der Waals surface area contributed by atoms with Crippen molar-refractivity contribution in [3.8, 4) is 23.3 Å². The molecule has 0 spiro atoms. The molecule has 6 heteroatoms. The molecule has 0 amide bonds. The van der Waals surface area contributed by atoms with Crippen LogP contribution in [0.2, 0.25) is 0 Å². The molecule has 34 heavy (non-hydrogen) atoms. The second kappa shape index (κ2) is 9.52. The predicted octanol–water partition coefficient (Wildman–Crippen LogP) is 4.94. The molecule has 5 rings (SSSR count). The maximum atomic E-state index is 10.6. The first-order valence-electron chi connectivity index (χ1n) is 11.4. The zero-order valence-corrected chi connectivity index (χ0v) is 19.0. The first-order valence-corrected chi connectivity index (χ1v) is 11.4. The van der Waals surface area contributed by atoms with Crippen molar-refractivity contribution >= 4 is 22.4 Å². The topological polar surface area (TPSA) is 79.3 Å². The van der Waals surface area contributed by atoms with Crippen LogP contribution in [0.1, 0.15) is 24.0 Å². The molecule has 4 aromatic rings. The molecule has 170 valence electrons.